The Bertz CT molecular complexity index is 729. The van der Waals surface area contributed by atoms with E-state index in [9.17, 15) is 0 Å². The molecule has 0 amide bonds. The van der Waals surface area contributed by atoms with Gasteiger partial charge in [-0.25, -0.2) is 0 Å². The maximum atomic E-state index is 4.22. The summed E-state index contributed by atoms with van der Waals surface area (Å²) < 4.78 is 0. The van der Waals surface area contributed by atoms with E-state index in [0.717, 1.165) is 19.4 Å². The predicted molar refractivity (Wildman–Crippen MR) is 103 cm³/mol. The maximum absolute atomic E-state index is 4.22. The Kier molecular flexibility index (Phi) is 7.81. The zero-order valence-electron chi connectivity index (χ0n) is 13.8. The van der Waals surface area contributed by atoms with Crippen LogP contribution in [0, 0.1) is 12.7 Å². The summed E-state index contributed by atoms with van der Waals surface area (Å²) in [7, 11) is 2.81. The second-order valence-electron chi connectivity index (χ2n) is 5.23. The Labute approximate surface area is 164 Å². The van der Waals surface area contributed by atoms with Gasteiger partial charge in [0, 0.05) is 32.4 Å². The van der Waals surface area contributed by atoms with Gasteiger partial charge in [-0.05, 0) is 37.3 Å². The first kappa shape index (κ1) is 19.3. The first-order chi connectivity index (χ1) is 11.8. The van der Waals surface area contributed by atoms with Crippen LogP contribution in [0.1, 0.15) is 0 Å². The van der Waals surface area contributed by atoms with Crippen molar-refractivity contribution in [2.24, 2.45) is 0 Å². The topological polar surface area (TPSA) is 19.4 Å². The molecule has 0 fully saturated rings. The van der Waals surface area contributed by atoms with Crippen molar-refractivity contribution in [3.05, 3.63) is 97.8 Å². The van der Waals surface area contributed by atoms with Crippen molar-refractivity contribution in [1.82, 2.24) is 9.88 Å². The second kappa shape index (κ2) is 10.1. The third-order valence-corrected chi connectivity index (χ3v) is 4.47. The Morgan fingerprint density at radius 3 is 2.44 bits per heavy atom. The first-order valence-electron chi connectivity index (χ1n) is 7.71. The van der Waals surface area contributed by atoms with E-state index in [1.165, 1.54) is 5.42 Å². The van der Waals surface area contributed by atoms with Gasteiger partial charge in [-0.2, -0.15) is 0 Å². The SMILES string of the molecule is CN1C=CN(c2cccc[pH+]2)[CH-]1.[Ir].[c-]1ccccc1-c1ccccn1. The van der Waals surface area contributed by atoms with E-state index in [4.69, 9.17) is 0 Å². The number of pyridine rings is 1. The number of hydrogen-bond donors (Lipinski definition) is 0. The number of rotatable bonds is 2. The molecule has 1 radical (unpaired) electrons. The molecular weight excluding hydrogens is 505 g/mol. The number of nitrogens with zero attached hydrogens (tertiary/aromatic N) is 3. The molecule has 1 aliphatic rings. The normalized spacial score (nSPS) is 12.5. The minimum absolute atomic E-state index is 0. The molecule has 25 heavy (non-hydrogen) atoms. The molecule has 2 aromatic heterocycles. The van der Waals surface area contributed by atoms with Crippen molar-refractivity contribution in [2.75, 3.05) is 11.9 Å². The number of benzene rings is 1. The van der Waals surface area contributed by atoms with Gasteiger partial charge < -0.3 is 14.8 Å². The van der Waals surface area contributed by atoms with E-state index < -0.39 is 0 Å². The average Bonchev–Trinajstić information content (AvgIpc) is 3.11. The van der Waals surface area contributed by atoms with Gasteiger partial charge >= 0.3 is 0 Å². The molecule has 1 aromatic carbocycles. The fourth-order valence-electron chi connectivity index (χ4n) is 2.21. The van der Waals surface area contributed by atoms with Gasteiger partial charge in [-0.1, -0.05) is 18.2 Å². The van der Waals surface area contributed by atoms with Gasteiger partial charge in [-0.15, -0.1) is 42.6 Å². The van der Waals surface area contributed by atoms with Crippen LogP contribution < -0.4 is 4.90 Å². The van der Waals surface area contributed by atoms with Crippen LogP contribution in [-0.2, 0) is 20.1 Å². The minimum Gasteiger partial charge on any atom is -0.510 e. The summed E-state index contributed by atoms with van der Waals surface area (Å²) in [6.45, 7) is 2.08. The largest absolute Gasteiger partial charge is 0.510 e. The molecule has 1 atom stereocenters. The van der Waals surface area contributed by atoms with Crippen molar-refractivity contribution < 1.29 is 20.1 Å². The van der Waals surface area contributed by atoms with E-state index in [1.54, 1.807) is 6.20 Å². The maximum Gasteiger partial charge on any atom is 0.189 e. The molecule has 0 saturated carbocycles. The van der Waals surface area contributed by atoms with Crippen LogP contribution in [0.4, 0.5) is 5.42 Å². The van der Waals surface area contributed by atoms with Crippen LogP contribution in [0.25, 0.3) is 11.3 Å². The summed E-state index contributed by atoms with van der Waals surface area (Å²) in [4.78, 5) is 8.41. The average molecular weight is 525 g/mol. The van der Waals surface area contributed by atoms with E-state index >= 15 is 0 Å². The monoisotopic (exact) mass is 525 g/mol. The van der Waals surface area contributed by atoms with Crippen LogP contribution in [0.5, 0.6) is 0 Å². The number of anilines is 1. The standard InChI is InChI=1S/C11H8N.C9H10N2P.Ir/c1-2-6-10(7-3-1)11-8-4-5-9-12-11;1-10-5-6-11(8-10)9-4-2-3-7-12-9;/h1-6,8-9H;2-8H,1H3;/q2*-1;/p+1. The van der Waals surface area contributed by atoms with Crippen molar-refractivity contribution in [2.45, 2.75) is 0 Å². The number of hydrogen-bond acceptors (Lipinski definition) is 3. The molecule has 0 bridgehead atoms. The van der Waals surface area contributed by atoms with Gasteiger partial charge in [0.1, 0.15) is 14.0 Å². The smallest absolute Gasteiger partial charge is 0.189 e. The van der Waals surface area contributed by atoms with Gasteiger partial charge in [-0.3, -0.25) is 0 Å². The summed E-state index contributed by atoms with van der Waals surface area (Å²) in [5.74, 6) is 2.19. The van der Waals surface area contributed by atoms with Gasteiger partial charge in [0.05, 0.1) is 0 Å². The Morgan fingerprint density at radius 1 is 1.00 bits per heavy atom. The minimum atomic E-state index is 0. The molecule has 3 aromatic rings. The van der Waals surface area contributed by atoms with Crippen molar-refractivity contribution in [1.29, 1.82) is 0 Å². The molecule has 129 valence electrons. The van der Waals surface area contributed by atoms with Crippen LogP contribution in [-0.4, -0.2) is 16.9 Å². The summed E-state index contributed by atoms with van der Waals surface area (Å²) >= 11 is 0. The molecule has 3 nitrogen and oxygen atoms in total. The van der Waals surface area contributed by atoms with E-state index in [1.807, 2.05) is 60.6 Å². The Balaban J connectivity index is 0.000000173. The summed E-state index contributed by atoms with van der Waals surface area (Å²) in [5, 5.41) is 0. The molecule has 0 saturated heterocycles. The van der Waals surface area contributed by atoms with Crippen LogP contribution in [0.15, 0.2) is 85.1 Å². The fourth-order valence-corrected chi connectivity index (χ4v) is 3.06. The zero-order chi connectivity index (χ0) is 16.6. The molecular formula is C20H19IrN3P-. The Hall–Kier alpha value is -1.99. The zero-order valence-corrected chi connectivity index (χ0v) is 17.2. The van der Waals surface area contributed by atoms with Gasteiger partial charge in [0.25, 0.3) is 0 Å². The van der Waals surface area contributed by atoms with E-state index in [-0.39, 0.29) is 20.1 Å². The van der Waals surface area contributed by atoms with E-state index in [2.05, 4.69) is 52.8 Å². The van der Waals surface area contributed by atoms with Crippen molar-refractivity contribution in [3.63, 3.8) is 0 Å². The molecule has 1 unspecified atom stereocenters. The van der Waals surface area contributed by atoms with Crippen LogP contribution in [0.2, 0.25) is 0 Å². The molecule has 0 spiro atoms. The molecule has 1 aliphatic heterocycles. The Morgan fingerprint density at radius 2 is 1.84 bits per heavy atom. The third kappa shape index (κ3) is 5.79. The summed E-state index contributed by atoms with van der Waals surface area (Å²) in [5.41, 5.74) is 3.36. The van der Waals surface area contributed by atoms with Gasteiger partial charge in [0.15, 0.2) is 5.42 Å². The predicted octanol–water partition coefficient (Wildman–Crippen LogP) is 4.89. The molecule has 0 aliphatic carbocycles. The van der Waals surface area contributed by atoms with Crippen LogP contribution in [0.3, 0.4) is 0 Å². The second-order valence-corrected chi connectivity index (χ2v) is 6.36. The van der Waals surface area contributed by atoms with E-state index in [0.29, 0.717) is 0 Å². The molecule has 3 heterocycles. The quantitative estimate of drug-likeness (QED) is 0.446. The summed E-state index contributed by atoms with van der Waals surface area (Å²) in [6, 6.07) is 23.1. The molecule has 4 rings (SSSR count). The van der Waals surface area contributed by atoms with Crippen molar-refractivity contribution >= 4 is 13.6 Å². The fraction of sp³-hybridized carbons (Fsp3) is 0.0500. The van der Waals surface area contributed by atoms with Crippen LogP contribution >= 0.6 is 8.19 Å². The molecule has 0 N–H and O–H groups in total. The third-order valence-electron chi connectivity index (χ3n) is 3.39. The van der Waals surface area contributed by atoms with Gasteiger partial charge in [0.2, 0.25) is 0 Å². The summed E-state index contributed by atoms with van der Waals surface area (Å²) in [6.07, 6.45) is 5.91. The first-order valence-corrected chi connectivity index (χ1v) is 8.79. The number of aromatic nitrogens is 1. The van der Waals surface area contributed by atoms with Crippen molar-refractivity contribution in [3.8, 4) is 11.3 Å². The molecule has 5 heteroatoms.